The maximum absolute atomic E-state index is 8.60. The molecule has 1 aromatic carbocycles. The molecule has 1 nitrogen and oxygen atoms in total. The van der Waals surface area contributed by atoms with E-state index in [1.807, 2.05) is 13.0 Å². The van der Waals surface area contributed by atoms with Gasteiger partial charge >= 0.3 is 0 Å². The number of hydrogen-bond donors (Lipinski definition) is 0. The van der Waals surface area contributed by atoms with E-state index in [4.69, 9.17) is 5.26 Å². The van der Waals surface area contributed by atoms with Gasteiger partial charge in [-0.05, 0) is 31.7 Å². The predicted molar refractivity (Wildman–Crippen MR) is 58.8 cm³/mol. The Morgan fingerprint density at radius 2 is 1.93 bits per heavy atom. The van der Waals surface area contributed by atoms with Crippen LogP contribution < -0.4 is 0 Å². The van der Waals surface area contributed by atoms with E-state index in [-0.39, 0.29) is 5.92 Å². The fourth-order valence-corrected chi connectivity index (χ4v) is 1.49. The molecule has 0 bridgehead atoms. The molecule has 1 aromatic rings. The summed E-state index contributed by atoms with van der Waals surface area (Å²) in [7, 11) is 0. The highest BCUT2D eigenvalue weighted by molar-refractivity contribution is 5.14. The smallest absolute Gasteiger partial charge is 0.0652 e. The van der Waals surface area contributed by atoms with E-state index in [0.29, 0.717) is 0 Å². The second-order valence-electron chi connectivity index (χ2n) is 3.76. The normalized spacial score (nSPS) is 12.0. The first-order valence-corrected chi connectivity index (χ1v) is 5.26. The third kappa shape index (κ3) is 4.09. The second kappa shape index (κ2) is 6.21. The molecule has 74 valence electrons. The van der Waals surface area contributed by atoms with Gasteiger partial charge in [-0.25, -0.2) is 0 Å². The van der Waals surface area contributed by atoms with Crippen LogP contribution in [0.4, 0.5) is 0 Å². The Morgan fingerprint density at radius 3 is 2.57 bits per heavy atom. The van der Waals surface area contributed by atoms with E-state index in [1.54, 1.807) is 0 Å². The summed E-state index contributed by atoms with van der Waals surface area (Å²) in [5, 5.41) is 8.60. The zero-order valence-electron chi connectivity index (χ0n) is 8.74. The van der Waals surface area contributed by atoms with Gasteiger partial charge in [0.1, 0.15) is 0 Å². The van der Waals surface area contributed by atoms with Crippen LogP contribution in [-0.2, 0) is 6.42 Å². The van der Waals surface area contributed by atoms with Crippen molar-refractivity contribution in [1.82, 2.24) is 0 Å². The van der Waals surface area contributed by atoms with E-state index < -0.39 is 0 Å². The van der Waals surface area contributed by atoms with Gasteiger partial charge in [0.15, 0.2) is 0 Å². The van der Waals surface area contributed by atoms with E-state index in [2.05, 4.69) is 30.3 Å². The molecule has 0 aromatic heterocycles. The molecule has 1 unspecified atom stereocenters. The van der Waals surface area contributed by atoms with Gasteiger partial charge < -0.3 is 0 Å². The maximum atomic E-state index is 8.60. The monoisotopic (exact) mass is 187 g/mol. The lowest BCUT2D eigenvalue weighted by Gasteiger charge is -2.02. The van der Waals surface area contributed by atoms with Crippen LogP contribution in [0, 0.1) is 17.2 Å². The summed E-state index contributed by atoms with van der Waals surface area (Å²) in [5.74, 6) is 0.214. The fourth-order valence-electron chi connectivity index (χ4n) is 1.49. The highest BCUT2D eigenvalue weighted by atomic mass is 14.3. The molecule has 0 spiro atoms. The van der Waals surface area contributed by atoms with Gasteiger partial charge in [0, 0.05) is 5.92 Å². The lowest BCUT2D eigenvalue weighted by Crippen LogP contribution is -1.91. The van der Waals surface area contributed by atoms with Crippen molar-refractivity contribution in [2.45, 2.75) is 32.6 Å². The summed E-state index contributed by atoms with van der Waals surface area (Å²) < 4.78 is 0. The average molecular weight is 187 g/mol. The summed E-state index contributed by atoms with van der Waals surface area (Å²) in [5.41, 5.74) is 1.40. The molecular weight excluding hydrogens is 170 g/mol. The molecule has 14 heavy (non-hydrogen) atoms. The van der Waals surface area contributed by atoms with Gasteiger partial charge in [-0.3, -0.25) is 0 Å². The minimum Gasteiger partial charge on any atom is -0.198 e. The largest absolute Gasteiger partial charge is 0.198 e. The van der Waals surface area contributed by atoms with Crippen molar-refractivity contribution in [3.63, 3.8) is 0 Å². The summed E-state index contributed by atoms with van der Waals surface area (Å²) in [6.45, 7) is 1.99. The highest BCUT2D eigenvalue weighted by Crippen LogP contribution is 2.10. The Morgan fingerprint density at radius 1 is 1.21 bits per heavy atom. The molecule has 0 heterocycles. The minimum absolute atomic E-state index is 0.214. The zero-order chi connectivity index (χ0) is 10.2. The molecule has 0 saturated carbocycles. The van der Waals surface area contributed by atoms with Gasteiger partial charge in [0.05, 0.1) is 6.07 Å². The third-order valence-corrected chi connectivity index (χ3v) is 2.42. The van der Waals surface area contributed by atoms with E-state index in [0.717, 1.165) is 19.3 Å². The topological polar surface area (TPSA) is 23.8 Å². The summed E-state index contributed by atoms with van der Waals surface area (Å²) >= 11 is 0. The van der Waals surface area contributed by atoms with Crippen molar-refractivity contribution >= 4 is 0 Å². The molecule has 1 heteroatoms. The average Bonchev–Trinajstić information content (AvgIpc) is 2.25. The zero-order valence-corrected chi connectivity index (χ0v) is 8.74. The number of aryl methyl sites for hydroxylation is 1. The van der Waals surface area contributed by atoms with Crippen molar-refractivity contribution in [2.24, 2.45) is 5.92 Å². The van der Waals surface area contributed by atoms with Crippen LogP contribution in [0.1, 0.15) is 31.7 Å². The van der Waals surface area contributed by atoms with Crippen molar-refractivity contribution < 1.29 is 0 Å². The van der Waals surface area contributed by atoms with Gasteiger partial charge in [0.25, 0.3) is 0 Å². The Bertz CT molecular complexity index is 284. The van der Waals surface area contributed by atoms with Crippen molar-refractivity contribution in [3.8, 4) is 6.07 Å². The number of rotatable bonds is 5. The van der Waals surface area contributed by atoms with Crippen LogP contribution >= 0.6 is 0 Å². The van der Waals surface area contributed by atoms with Gasteiger partial charge in [-0.1, -0.05) is 36.8 Å². The van der Waals surface area contributed by atoms with Gasteiger partial charge in [-0.2, -0.15) is 5.26 Å². The lowest BCUT2D eigenvalue weighted by atomic mass is 10.0. The van der Waals surface area contributed by atoms with Crippen LogP contribution in [0.3, 0.4) is 0 Å². The first kappa shape index (κ1) is 10.8. The standard InChI is InChI=1S/C13H17N/c1-12(11-14)7-5-6-10-13-8-3-2-4-9-13/h2-4,8-9,12H,5-7,10H2,1H3. The van der Waals surface area contributed by atoms with E-state index in [9.17, 15) is 0 Å². The fraction of sp³-hybridized carbons (Fsp3) is 0.462. The molecule has 0 N–H and O–H groups in total. The summed E-state index contributed by atoms with van der Waals surface area (Å²) in [4.78, 5) is 0. The van der Waals surface area contributed by atoms with Crippen LogP contribution in [0.25, 0.3) is 0 Å². The Balaban J connectivity index is 2.14. The summed E-state index contributed by atoms with van der Waals surface area (Å²) in [6, 6.07) is 12.8. The molecule has 0 aliphatic heterocycles. The number of benzene rings is 1. The SMILES string of the molecule is CC(C#N)CCCCc1ccccc1. The lowest BCUT2D eigenvalue weighted by molar-refractivity contribution is 0.590. The second-order valence-corrected chi connectivity index (χ2v) is 3.76. The van der Waals surface area contributed by atoms with Gasteiger partial charge in [0.2, 0.25) is 0 Å². The first-order chi connectivity index (χ1) is 6.83. The Kier molecular flexibility index (Phi) is 4.78. The van der Waals surface area contributed by atoms with Crippen LogP contribution in [0.15, 0.2) is 30.3 Å². The molecule has 0 saturated heterocycles. The quantitative estimate of drug-likeness (QED) is 0.646. The molecule has 1 rings (SSSR count). The molecule has 0 aliphatic carbocycles. The molecule has 0 amide bonds. The molecular formula is C13H17N. The van der Waals surface area contributed by atoms with Gasteiger partial charge in [-0.15, -0.1) is 0 Å². The maximum Gasteiger partial charge on any atom is 0.0652 e. The Hall–Kier alpha value is -1.29. The minimum atomic E-state index is 0.214. The Labute approximate surface area is 86.4 Å². The number of unbranched alkanes of at least 4 members (excludes halogenated alkanes) is 1. The van der Waals surface area contributed by atoms with E-state index in [1.165, 1.54) is 12.0 Å². The number of nitrogens with zero attached hydrogens (tertiary/aromatic N) is 1. The molecule has 0 fully saturated rings. The third-order valence-electron chi connectivity index (χ3n) is 2.42. The van der Waals surface area contributed by atoms with E-state index >= 15 is 0 Å². The van der Waals surface area contributed by atoms with Crippen molar-refractivity contribution in [3.05, 3.63) is 35.9 Å². The number of nitriles is 1. The van der Waals surface area contributed by atoms with Crippen molar-refractivity contribution in [2.75, 3.05) is 0 Å². The van der Waals surface area contributed by atoms with Crippen LogP contribution in [0.5, 0.6) is 0 Å². The molecule has 0 radical (unpaired) electrons. The summed E-state index contributed by atoms with van der Waals surface area (Å²) in [6.07, 6.45) is 4.52. The number of hydrogen-bond acceptors (Lipinski definition) is 1. The van der Waals surface area contributed by atoms with Crippen molar-refractivity contribution in [1.29, 1.82) is 5.26 Å². The molecule has 1 atom stereocenters. The first-order valence-electron chi connectivity index (χ1n) is 5.26. The van der Waals surface area contributed by atoms with Crippen LogP contribution in [-0.4, -0.2) is 0 Å². The predicted octanol–water partition coefficient (Wildman–Crippen LogP) is 3.56. The molecule has 0 aliphatic rings. The highest BCUT2D eigenvalue weighted by Gasteiger charge is 1.98. The van der Waals surface area contributed by atoms with Crippen LogP contribution in [0.2, 0.25) is 0 Å².